The van der Waals surface area contributed by atoms with Gasteiger partial charge in [0, 0.05) is 12.0 Å². The molecule has 0 radical (unpaired) electrons. The fraction of sp³-hybridized carbons (Fsp3) is 0.400. The normalized spacial score (nSPS) is 12.9. The van der Waals surface area contributed by atoms with Gasteiger partial charge in [-0.15, -0.1) is 0 Å². The number of hydrogen-bond acceptors (Lipinski definition) is 2. The fourth-order valence-corrected chi connectivity index (χ4v) is 1.91. The van der Waals surface area contributed by atoms with Gasteiger partial charge in [0.05, 0.1) is 13.0 Å². The Morgan fingerprint density at radius 3 is 2.32 bits per heavy atom. The first-order valence-corrected chi connectivity index (χ1v) is 6.05. The van der Waals surface area contributed by atoms with Crippen molar-refractivity contribution in [2.75, 3.05) is 7.11 Å². The van der Waals surface area contributed by atoms with E-state index in [1.54, 1.807) is 24.3 Å². The van der Waals surface area contributed by atoms with E-state index in [4.69, 9.17) is 0 Å². The molecule has 0 spiro atoms. The second-order valence-electron chi connectivity index (χ2n) is 4.48. The van der Waals surface area contributed by atoms with E-state index >= 15 is 0 Å². The second-order valence-corrected chi connectivity index (χ2v) is 4.48. The SMILES string of the molecule is C=C(C(=O)OC)[C@H](c1ccc(C)cc1)C(F)(F)CC. The van der Waals surface area contributed by atoms with Crippen LogP contribution in [-0.2, 0) is 9.53 Å². The van der Waals surface area contributed by atoms with E-state index in [1.165, 1.54) is 6.92 Å². The molecule has 0 N–H and O–H groups in total. The smallest absolute Gasteiger partial charge is 0.333 e. The minimum absolute atomic E-state index is 0.224. The molecule has 1 aromatic carbocycles. The Bertz CT molecular complexity index is 464. The largest absolute Gasteiger partial charge is 0.466 e. The van der Waals surface area contributed by atoms with Gasteiger partial charge in [-0.25, -0.2) is 13.6 Å². The Labute approximate surface area is 112 Å². The van der Waals surface area contributed by atoms with Crippen LogP contribution in [0.2, 0.25) is 0 Å². The molecule has 1 rings (SSSR count). The van der Waals surface area contributed by atoms with Crippen LogP contribution in [0.3, 0.4) is 0 Å². The van der Waals surface area contributed by atoms with Crippen LogP contribution in [0.5, 0.6) is 0 Å². The molecule has 1 aromatic rings. The molecule has 0 aromatic heterocycles. The zero-order valence-corrected chi connectivity index (χ0v) is 11.4. The molecule has 0 amide bonds. The molecule has 0 bridgehead atoms. The van der Waals surface area contributed by atoms with E-state index in [9.17, 15) is 13.6 Å². The minimum Gasteiger partial charge on any atom is -0.466 e. The number of methoxy groups -OCH3 is 1. The van der Waals surface area contributed by atoms with Crippen molar-refractivity contribution < 1.29 is 18.3 Å². The highest BCUT2D eigenvalue weighted by atomic mass is 19.3. The average Bonchev–Trinajstić information content (AvgIpc) is 2.40. The third kappa shape index (κ3) is 3.40. The summed E-state index contributed by atoms with van der Waals surface area (Å²) in [5.41, 5.74) is 1.11. The first kappa shape index (κ1) is 15.3. The van der Waals surface area contributed by atoms with Crippen molar-refractivity contribution in [3.63, 3.8) is 0 Å². The zero-order valence-electron chi connectivity index (χ0n) is 11.4. The molecule has 1 atom stereocenters. The number of benzene rings is 1. The molecular weight excluding hydrogens is 250 g/mol. The maximum absolute atomic E-state index is 14.1. The maximum atomic E-state index is 14.1. The molecule has 0 aliphatic rings. The first-order chi connectivity index (χ1) is 8.83. The lowest BCUT2D eigenvalue weighted by atomic mass is 9.84. The standard InChI is InChI=1S/C15H18F2O2/c1-5-15(16,17)13(11(3)14(18)19-4)12-8-6-10(2)7-9-12/h6-9,13H,3,5H2,1-2,4H3/t13-/m1/s1. The van der Waals surface area contributed by atoms with Crippen LogP contribution in [-0.4, -0.2) is 19.0 Å². The van der Waals surface area contributed by atoms with Gasteiger partial charge in [-0.1, -0.05) is 43.3 Å². The quantitative estimate of drug-likeness (QED) is 0.599. The van der Waals surface area contributed by atoms with Crippen LogP contribution in [0, 0.1) is 6.92 Å². The van der Waals surface area contributed by atoms with E-state index < -0.39 is 17.8 Å². The van der Waals surface area contributed by atoms with Crippen molar-refractivity contribution in [1.82, 2.24) is 0 Å². The van der Waals surface area contributed by atoms with Crippen LogP contribution in [0.15, 0.2) is 36.4 Å². The van der Waals surface area contributed by atoms with Crippen molar-refractivity contribution in [3.8, 4) is 0 Å². The molecule has 0 unspecified atom stereocenters. The summed E-state index contributed by atoms with van der Waals surface area (Å²) in [6.07, 6.45) is -0.373. The number of halogens is 2. The lowest BCUT2D eigenvalue weighted by Gasteiger charge is -2.27. The van der Waals surface area contributed by atoms with E-state index in [2.05, 4.69) is 11.3 Å². The molecular formula is C15H18F2O2. The molecule has 0 heterocycles. The Hall–Kier alpha value is -1.71. The van der Waals surface area contributed by atoms with E-state index in [0.29, 0.717) is 5.56 Å². The molecule has 19 heavy (non-hydrogen) atoms. The van der Waals surface area contributed by atoms with Crippen molar-refractivity contribution in [2.45, 2.75) is 32.1 Å². The number of esters is 1. The average molecular weight is 268 g/mol. The van der Waals surface area contributed by atoms with Gasteiger partial charge in [-0.3, -0.25) is 0 Å². The number of aryl methyl sites for hydroxylation is 1. The topological polar surface area (TPSA) is 26.3 Å². The highest BCUT2D eigenvalue weighted by molar-refractivity contribution is 5.89. The lowest BCUT2D eigenvalue weighted by molar-refractivity contribution is -0.137. The molecule has 2 nitrogen and oxygen atoms in total. The third-order valence-corrected chi connectivity index (χ3v) is 3.10. The summed E-state index contributed by atoms with van der Waals surface area (Å²) in [6.45, 7) is 6.73. The van der Waals surface area contributed by atoms with Crippen molar-refractivity contribution in [1.29, 1.82) is 0 Å². The predicted octanol–water partition coefficient (Wildman–Crippen LogP) is 3.85. The summed E-state index contributed by atoms with van der Waals surface area (Å²) in [5.74, 6) is -5.20. The molecule has 4 heteroatoms. The number of ether oxygens (including phenoxy) is 1. The van der Waals surface area contributed by atoms with Gasteiger partial charge >= 0.3 is 5.97 Å². The third-order valence-electron chi connectivity index (χ3n) is 3.10. The van der Waals surface area contributed by atoms with Gasteiger partial charge in [0.2, 0.25) is 0 Å². The molecule has 104 valence electrons. The van der Waals surface area contributed by atoms with Gasteiger partial charge in [0.15, 0.2) is 0 Å². The Morgan fingerprint density at radius 2 is 1.89 bits per heavy atom. The molecule has 0 fully saturated rings. The summed E-state index contributed by atoms with van der Waals surface area (Å²) < 4.78 is 32.7. The number of carbonyl (C=O) groups excluding carboxylic acids is 1. The van der Waals surface area contributed by atoms with Crippen molar-refractivity contribution >= 4 is 5.97 Å². The van der Waals surface area contributed by atoms with Crippen LogP contribution >= 0.6 is 0 Å². The van der Waals surface area contributed by atoms with Gasteiger partial charge in [0.1, 0.15) is 0 Å². The van der Waals surface area contributed by atoms with Crippen LogP contribution in [0.1, 0.15) is 30.4 Å². The Kier molecular flexibility index (Phi) is 4.81. The minimum atomic E-state index is -3.04. The fourth-order valence-electron chi connectivity index (χ4n) is 1.91. The van der Waals surface area contributed by atoms with Gasteiger partial charge in [-0.05, 0) is 12.5 Å². The highest BCUT2D eigenvalue weighted by Gasteiger charge is 2.42. The second kappa shape index (κ2) is 5.95. The summed E-state index contributed by atoms with van der Waals surface area (Å²) in [5, 5.41) is 0. The number of carbonyl (C=O) groups is 1. The monoisotopic (exact) mass is 268 g/mol. The molecule has 0 aliphatic heterocycles. The summed E-state index contributed by atoms with van der Waals surface area (Å²) in [7, 11) is 1.16. The number of alkyl halides is 2. The van der Waals surface area contributed by atoms with E-state index in [0.717, 1.165) is 12.7 Å². The summed E-state index contributed by atoms with van der Waals surface area (Å²) in [6, 6.07) is 6.66. The van der Waals surface area contributed by atoms with Gasteiger partial charge in [-0.2, -0.15) is 0 Å². The van der Waals surface area contributed by atoms with Crippen LogP contribution < -0.4 is 0 Å². The zero-order chi connectivity index (χ0) is 14.6. The summed E-state index contributed by atoms with van der Waals surface area (Å²) >= 11 is 0. The maximum Gasteiger partial charge on any atom is 0.333 e. The molecule has 0 saturated heterocycles. The lowest BCUT2D eigenvalue weighted by Crippen LogP contribution is -2.30. The van der Waals surface area contributed by atoms with Crippen LogP contribution in [0.25, 0.3) is 0 Å². The van der Waals surface area contributed by atoms with E-state index in [1.807, 2.05) is 6.92 Å². The molecule has 0 saturated carbocycles. The number of hydrogen-bond donors (Lipinski definition) is 0. The number of rotatable bonds is 5. The Balaban J connectivity index is 3.24. The Morgan fingerprint density at radius 1 is 1.37 bits per heavy atom. The predicted molar refractivity (Wildman–Crippen MR) is 70.3 cm³/mol. The first-order valence-electron chi connectivity index (χ1n) is 6.05. The highest BCUT2D eigenvalue weighted by Crippen LogP contribution is 2.41. The van der Waals surface area contributed by atoms with Crippen LogP contribution in [0.4, 0.5) is 8.78 Å². The van der Waals surface area contributed by atoms with Gasteiger partial charge in [0.25, 0.3) is 5.92 Å². The van der Waals surface area contributed by atoms with Crippen molar-refractivity contribution in [3.05, 3.63) is 47.5 Å². The van der Waals surface area contributed by atoms with Crippen molar-refractivity contribution in [2.24, 2.45) is 0 Å². The van der Waals surface area contributed by atoms with E-state index in [-0.39, 0.29) is 12.0 Å². The molecule has 0 aliphatic carbocycles. The van der Waals surface area contributed by atoms with Gasteiger partial charge < -0.3 is 4.74 Å². The summed E-state index contributed by atoms with van der Waals surface area (Å²) in [4.78, 5) is 11.5.